The lowest BCUT2D eigenvalue weighted by Gasteiger charge is -1.98. The number of nitro benzene ring substituents is 1. The van der Waals surface area contributed by atoms with Crippen LogP contribution in [0.2, 0.25) is 5.02 Å². The van der Waals surface area contributed by atoms with Gasteiger partial charge in [-0.2, -0.15) is 13.2 Å². The first-order valence-electron chi connectivity index (χ1n) is 4.20. The second-order valence-electron chi connectivity index (χ2n) is 3.16. The third-order valence-corrected chi connectivity index (χ3v) is 2.32. The molecule has 1 heterocycles. The van der Waals surface area contributed by atoms with Gasteiger partial charge in [0.25, 0.3) is 5.69 Å². The van der Waals surface area contributed by atoms with Crippen LogP contribution in [0.4, 0.5) is 18.9 Å². The summed E-state index contributed by atoms with van der Waals surface area (Å²) in [5.74, 6) is -1.22. The minimum atomic E-state index is -4.64. The summed E-state index contributed by atoms with van der Waals surface area (Å²) in [6.45, 7) is 0. The van der Waals surface area contributed by atoms with Gasteiger partial charge in [0.1, 0.15) is 5.02 Å². The Kier molecular flexibility index (Phi) is 2.46. The van der Waals surface area contributed by atoms with E-state index in [0.717, 1.165) is 12.1 Å². The number of aromatic amines is 1. The van der Waals surface area contributed by atoms with E-state index in [2.05, 4.69) is 4.98 Å². The Morgan fingerprint density at radius 2 is 2.06 bits per heavy atom. The normalized spacial score (nSPS) is 12.0. The standard InChI is InChI=1S/C8H3ClF3N3O2/c9-3-1-4-5(2-6(3)15(16)17)14-7(13-4)8(10,11)12/h1-2H,(H,13,14). The Labute approximate surface area is 96.4 Å². The van der Waals surface area contributed by atoms with Crippen LogP contribution in [0.15, 0.2) is 12.1 Å². The first kappa shape index (κ1) is 11.6. The maximum atomic E-state index is 12.3. The van der Waals surface area contributed by atoms with Crippen LogP contribution in [-0.4, -0.2) is 14.9 Å². The van der Waals surface area contributed by atoms with Crippen LogP contribution in [0.3, 0.4) is 0 Å². The smallest absolute Gasteiger partial charge is 0.334 e. The average Bonchev–Trinajstić information content (AvgIpc) is 2.58. The molecule has 0 aliphatic carbocycles. The number of nitrogens with one attached hydrogen (secondary N) is 1. The lowest BCUT2D eigenvalue weighted by molar-refractivity contribution is -0.384. The molecule has 0 aliphatic rings. The first-order valence-corrected chi connectivity index (χ1v) is 4.57. The van der Waals surface area contributed by atoms with Gasteiger partial charge in [-0.3, -0.25) is 10.1 Å². The summed E-state index contributed by atoms with van der Waals surface area (Å²) in [6.07, 6.45) is -4.64. The predicted molar refractivity (Wildman–Crippen MR) is 52.8 cm³/mol. The van der Waals surface area contributed by atoms with E-state index in [0.29, 0.717) is 0 Å². The number of H-pyrrole nitrogens is 1. The Balaban J connectivity index is 2.67. The molecule has 9 heteroatoms. The van der Waals surface area contributed by atoms with Crippen LogP contribution in [0.1, 0.15) is 5.82 Å². The highest BCUT2D eigenvalue weighted by Gasteiger charge is 2.35. The van der Waals surface area contributed by atoms with Crippen molar-refractivity contribution in [2.24, 2.45) is 0 Å². The topological polar surface area (TPSA) is 71.8 Å². The number of nitrogens with zero attached hydrogens (tertiary/aromatic N) is 2. The van der Waals surface area contributed by atoms with Gasteiger partial charge in [-0.15, -0.1) is 0 Å². The number of benzene rings is 1. The minimum absolute atomic E-state index is 0.0760. The average molecular weight is 266 g/mol. The Hall–Kier alpha value is -1.83. The first-order chi connectivity index (χ1) is 7.79. The summed E-state index contributed by atoms with van der Waals surface area (Å²) in [5, 5.41) is 10.3. The number of rotatable bonds is 1. The summed E-state index contributed by atoms with van der Waals surface area (Å²) >= 11 is 5.54. The largest absolute Gasteiger partial charge is 0.449 e. The fourth-order valence-electron chi connectivity index (χ4n) is 1.29. The molecule has 17 heavy (non-hydrogen) atoms. The van der Waals surface area contributed by atoms with Crippen LogP contribution in [0.25, 0.3) is 11.0 Å². The van der Waals surface area contributed by atoms with Crippen LogP contribution in [0.5, 0.6) is 0 Å². The maximum Gasteiger partial charge on any atom is 0.449 e. The predicted octanol–water partition coefficient (Wildman–Crippen LogP) is 3.14. The number of aromatic nitrogens is 2. The summed E-state index contributed by atoms with van der Waals surface area (Å²) < 4.78 is 37.0. The molecular weight excluding hydrogens is 263 g/mol. The SMILES string of the molecule is O=[N+]([O-])c1cc2[nH]c(C(F)(F)F)nc2cc1Cl. The number of hydrogen-bond acceptors (Lipinski definition) is 3. The Bertz CT molecular complexity index is 608. The monoisotopic (exact) mass is 265 g/mol. The highest BCUT2D eigenvalue weighted by atomic mass is 35.5. The van der Waals surface area contributed by atoms with E-state index in [4.69, 9.17) is 11.6 Å². The lowest BCUT2D eigenvalue weighted by atomic mass is 10.3. The van der Waals surface area contributed by atoms with Crippen molar-refractivity contribution in [3.63, 3.8) is 0 Å². The molecule has 0 fully saturated rings. The van der Waals surface area contributed by atoms with Gasteiger partial charge in [0.15, 0.2) is 0 Å². The molecule has 0 atom stereocenters. The third kappa shape index (κ3) is 2.03. The molecule has 90 valence electrons. The van der Waals surface area contributed by atoms with E-state index in [1.165, 1.54) is 0 Å². The molecule has 0 aliphatic heterocycles. The third-order valence-electron chi connectivity index (χ3n) is 2.02. The lowest BCUT2D eigenvalue weighted by Crippen LogP contribution is -2.06. The summed E-state index contributed by atoms with van der Waals surface area (Å²) in [4.78, 5) is 15.0. The molecule has 5 nitrogen and oxygen atoms in total. The van der Waals surface area contributed by atoms with Crippen molar-refractivity contribution in [1.29, 1.82) is 0 Å². The zero-order chi connectivity index (χ0) is 12.8. The second-order valence-corrected chi connectivity index (χ2v) is 3.57. The molecule has 0 bridgehead atoms. The van der Waals surface area contributed by atoms with E-state index < -0.39 is 22.6 Å². The zero-order valence-corrected chi connectivity index (χ0v) is 8.63. The van der Waals surface area contributed by atoms with Crippen LogP contribution in [0, 0.1) is 10.1 Å². The Morgan fingerprint density at radius 3 is 2.59 bits per heavy atom. The van der Waals surface area contributed by atoms with Crippen molar-refractivity contribution in [3.05, 3.63) is 33.1 Å². The van der Waals surface area contributed by atoms with Crippen molar-refractivity contribution in [3.8, 4) is 0 Å². The number of halogens is 4. The number of imidazole rings is 1. The zero-order valence-electron chi connectivity index (χ0n) is 7.88. The maximum absolute atomic E-state index is 12.3. The summed E-state index contributed by atoms with van der Waals surface area (Å²) in [5.41, 5.74) is -0.641. The van der Waals surface area contributed by atoms with Crippen molar-refractivity contribution in [2.45, 2.75) is 6.18 Å². The van der Waals surface area contributed by atoms with Gasteiger partial charge in [0, 0.05) is 6.07 Å². The van der Waals surface area contributed by atoms with Gasteiger partial charge in [0.2, 0.25) is 5.82 Å². The van der Waals surface area contributed by atoms with Gasteiger partial charge in [-0.25, -0.2) is 4.98 Å². The van der Waals surface area contributed by atoms with Gasteiger partial charge < -0.3 is 4.98 Å². The molecule has 0 radical (unpaired) electrons. The molecular formula is C8H3ClF3N3O2. The van der Waals surface area contributed by atoms with Crippen molar-refractivity contribution >= 4 is 28.3 Å². The van der Waals surface area contributed by atoms with Gasteiger partial charge in [-0.1, -0.05) is 11.6 Å². The van der Waals surface area contributed by atoms with E-state index in [-0.39, 0.29) is 16.1 Å². The van der Waals surface area contributed by atoms with Gasteiger partial charge >= 0.3 is 6.18 Å². The van der Waals surface area contributed by atoms with E-state index in [9.17, 15) is 23.3 Å². The fraction of sp³-hybridized carbons (Fsp3) is 0.125. The van der Waals surface area contributed by atoms with E-state index >= 15 is 0 Å². The number of alkyl halides is 3. The molecule has 1 aromatic heterocycles. The fourth-order valence-corrected chi connectivity index (χ4v) is 1.52. The van der Waals surface area contributed by atoms with Crippen LogP contribution in [-0.2, 0) is 6.18 Å². The Morgan fingerprint density at radius 1 is 1.41 bits per heavy atom. The molecule has 1 aromatic carbocycles. The molecule has 0 saturated heterocycles. The highest BCUT2D eigenvalue weighted by molar-refractivity contribution is 6.33. The number of hydrogen-bond donors (Lipinski definition) is 1. The molecule has 2 rings (SSSR count). The van der Waals surface area contributed by atoms with E-state index in [1.54, 1.807) is 0 Å². The van der Waals surface area contributed by atoms with Crippen LogP contribution < -0.4 is 0 Å². The summed E-state index contributed by atoms with van der Waals surface area (Å²) in [6, 6.07) is 1.93. The number of fused-ring (bicyclic) bond motifs is 1. The molecule has 0 amide bonds. The minimum Gasteiger partial charge on any atom is -0.334 e. The highest BCUT2D eigenvalue weighted by Crippen LogP contribution is 2.32. The second kappa shape index (κ2) is 3.59. The van der Waals surface area contributed by atoms with Gasteiger partial charge in [0.05, 0.1) is 16.0 Å². The number of nitro groups is 1. The molecule has 0 saturated carbocycles. The van der Waals surface area contributed by atoms with E-state index in [1.807, 2.05) is 4.98 Å². The van der Waals surface area contributed by atoms with Crippen molar-refractivity contribution in [1.82, 2.24) is 9.97 Å². The molecule has 0 spiro atoms. The van der Waals surface area contributed by atoms with Gasteiger partial charge in [-0.05, 0) is 6.07 Å². The quantitative estimate of drug-likeness (QED) is 0.636. The van der Waals surface area contributed by atoms with Crippen molar-refractivity contribution in [2.75, 3.05) is 0 Å². The van der Waals surface area contributed by atoms with Crippen molar-refractivity contribution < 1.29 is 18.1 Å². The molecule has 2 aromatic rings. The van der Waals surface area contributed by atoms with Crippen LogP contribution >= 0.6 is 11.6 Å². The summed E-state index contributed by atoms with van der Waals surface area (Å²) in [7, 11) is 0. The molecule has 1 N–H and O–H groups in total. The molecule has 0 unspecified atom stereocenters.